The molecule has 2 heterocycles. The smallest absolute Gasteiger partial charge is 0.435 e. The number of hydrogen-bond donors (Lipinski definition) is 1. The van der Waals surface area contributed by atoms with Gasteiger partial charge in [0.05, 0.1) is 11.3 Å². The third-order valence-electron chi connectivity index (χ3n) is 4.30. The van der Waals surface area contributed by atoms with Gasteiger partial charge in [-0.25, -0.2) is 18.6 Å². The van der Waals surface area contributed by atoms with Crippen LogP contribution in [-0.4, -0.2) is 20.6 Å². The van der Waals surface area contributed by atoms with Gasteiger partial charge in [-0.3, -0.25) is 0 Å². The highest BCUT2D eigenvalue weighted by Crippen LogP contribution is 2.46. The Bertz CT molecular complexity index is 796. The Kier molecular flexibility index (Phi) is 4.26. The Balaban J connectivity index is 2.45. The molecule has 0 saturated heterocycles. The van der Waals surface area contributed by atoms with Crippen LogP contribution in [0.5, 0.6) is 0 Å². The fourth-order valence-corrected chi connectivity index (χ4v) is 3.03. The first-order chi connectivity index (χ1) is 11.7. The second kappa shape index (κ2) is 6.12. The average molecular weight is 360 g/mol. The van der Waals surface area contributed by atoms with Crippen LogP contribution in [0.15, 0.2) is 24.5 Å². The summed E-state index contributed by atoms with van der Waals surface area (Å²) in [5, 5.41) is 9.42. The third-order valence-corrected chi connectivity index (χ3v) is 4.30. The van der Waals surface area contributed by atoms with Crippen molar-refractivity contribution in [1.82, 2.24) is 9.55 Å². The van der Waals surface area contributed by atoms with Crippen LogP contribution in [0.3, 0.4) is 0 Å². The van der Waals surface area contributed by atoms with Gasteiger partial charge in [0.15, 0.2) is 5.69 Å². The summed E-state index contributed by atoms with van der Waals surface area (Å²) in [7, 11) is 0. The summed E-state index contributed by atoms with van der Waals surface area (Å²) < 4.78 is 68.2. The number of aromatic nitrogens is 2. The summed E-state index contributed by atoms with van der Waals surface area (Å²) in [6.45, 7) is 0. The van der Waals surface area contributed by atoms with E-state index < -0.39 is 47.1 Å². The summed E-state index contributed by atoms with van der Waals surface area (Å²) in [4.78, 5) is 14.7. The van der Waals surface area contributed by atoms with Crippen molar-refractivity contribution in [2.45, 2.75) is 37.8 Å². The maximum atomic E-state index is 13.5. The van der Waals surface area contributed by atoms with Gasteiger partial charge in [-0.1, -0.05) is 6.42 Å². The minimum atomic E-state index is -5.00. The molecular weight excluding hydrogens is 347 g/mol. The lowest BCUT2D eigenvalue weighted by Gasteiger charge is -2.31. The average Bonchev–Trinajstić information content (AvgIpc) is 2.96. The van der Waals surface area contributed by atoms with Crippen LogP contribution < -0.4 is 0 Å². The summed E-state index contributed by atoms with van der Waals surface area (Å²) >= 11 is 0. The zero-order valence-corrected chi connectivity index (χ0v) is 12.7. The van der Waals surface area contributed by atoms with E-state index in [0.29, 0.717) is 19.3 Å². The van der Waals surface area contributed by atoms with Gasteiger partial charge in [0, 0.05) is 12.4 Å². The van der Waals surface area contributed by atoms with Crippen LogP contribution in [0.2, 0.25) is 0 Å². The van der Waals surface area contributed by atoms with Crippen LogP contribution >= 0.6 is 0 Å². The van der Waals surface area contributed by atoms with Gasteiger partial charge in [0.2, 0.25) is 0 Å². The zero-order chi connectivity index (χ0) is 18.4. The van der Waals surface area contributed by atoms with Crippen molar-refractivity contribution in [3.8, 4) is 5.69 Å². The molecule has 0 aromatic carbocycles. The molecule has 4 nitrogen and oxygen atoms in total. The van der Waals surface area contributed by atoms with Gasteiger partial charge in [0.1, 0.15) is 5.69 Å². The zero-order valence-electron chi connectivity index (χ0n) is 12.7. The largest absolute Gasteiger partial charge is 0.478 e. The minimum absolute atomic E-state index is 0.215. The number of hydrogen-bond acceptors (Lipinski definition) is 2. The van der Waals surface area contributed by atoms with Gasteiger partial charge in [-0.2, -0.15) is 13.2 Å². The van der Waals surface area contributed by atoms with E-state index in [4.69, 9.17) is 0 Å². The van der Waals surface area contributed by atoms with Crippen LogP contribution in [0, 0.1) is 0 Å². The second-order valence-electron chi connectivity index (χ2n) is 5.80. The highest BCUT2D eigenvalue weighted by Gasteiger charge is 2.43. The van der Waals surface area contributed by atoms with Crippen LogP contribution in [-0.2, 0) is 6.18 Å². The summed E-state index contributed by atoms with van der Waals surface area (Å²) in [5.74, 6) is -2.23. The highest BCUT2D eigenvalue weighted by molar-refractivity contribution is 5.92. The molecule has 1 N–H and O–H groups in total. The number of rotatable bonds is 4. The number of pyridine rings is 1. The number of carbonyl (C=O) groups is 1. The lowest BCUT2D eigenvalue weighted by atomic mass is 9.76. The van der Waals surface area contributed by atoms with E-state index in [1.807, 2.05) is 0 Å². The molecule has 0 unspecified atom stereocenters. The van der Waals surface area contributed by atoms with E-state index >= 15 is 0 Å². The molecule has 0 bridgehead atoms. The Labute approximate surface area is 138 Å². The Morgan fingerprint density at radius 2 is 1.84 bits per heavy atom. The van der Waals surface area contributed by atoms with Gasteiger partial charge in [-0.05, 0) is 36.5 Å². The molecule has 25 heavy (non-hydrogen) atoms. The molecule has 3 rings (SSSR count). The quantitative estimate of drug-likeness (QED) is 0.798. The van der Waals surface area contributed by atoms with Crippen LogP contribution in [0.4, 0.5) is 22.0 Å². The van der Waals surface area contributed by atoms with E-state index in [2.05, 4.69) is 4.98 Å². The molecule has 0 aliphatic heterocycles. The van der Waals surface area contributed by atoms with Gasteiger partial charge < -0.3 is 9.67 Å². The molecule has 0 atom stereocenters. The maximum absolute atomic E-state index is 13.5. The molecule has 9 heteroatoms. The van der Waals surface area contributed by atoms with Crippen molar-refractivity contribution in [2.75, 3.05) is 0 Å². The molecule has 1 aliphatic carbocycles. The molecule has 0 amide bonds. The van der Waals surface area contributed by atoms with Crippen LogP contribution in [0.25, 0.3) is 5.69 Å². The van der Waals surface area contributed by atoms with E-state index in [-0.39, 0.29) is 5.56 Å². The van der Waals surface area contributed by atoms with Gasteiger partial charge in [-0.15, -0.1) is 0 Å². The van der Waals surface area contributed by atoms with Crippen molar-refractivity contribution < 1.29 is 31.9 Å². The molecular formula is C16H13F5N2O2. The maximum Gasteiger partial charge on any atom is 0.435 e. The number of alkyl halides is 5. The van der Waals surface area contributed by atoms with Crippen molar-refractivity contribution in [1.29, 1.82) is 0 Å². The molecule has 0 radical (unpaired) electrons. The lowest BCUT2D eigenvalue weighted by Crippen LogP contribution is -2.25. The Morgan fingerprint density at radius 3 is 2.24 bits per heavy atom. The number of aromatic carboxylic acids is 1. The summed E-state index contributed by atoms with van der Waals surface area (Å²) in [6.07, 6.45) is -4.23. The Hall–Kier alpha value is -2.45. The molecule has 2 aromatic heterocycles. The normalized spacial score (nSPS) is 15.4. The van der Waals surface area contributed by atoms with Crippen LogP contribution in [0.1, 0.15) is 58.9 Å². The minimum Gasteiger partial charge on any atom is -0.478 e. The number of carboxylic acid groups (broad SMARTS) is 1. The molecule has 0 spiro atoms. The number of nitrogens with zero attached hydrogens (tertiary/aromatic N) is 2. The predicted octanol–water partition coefficient (Wildman–Crippen LogP) is 4.79. The SMILES string of the molecule is O=C(O)c1c(C(F)F)nc(C(F)(F)F)c(-n2cccc2)c1C1CCC1. The first kappa shape index (κ1) is 17.4. The number of carboxylic acids is 1. The van der Waals surface area contributed by atoms with Crippen molar-refractivity contribution >= 4 is 5.97 Å². The van der Waals surface area contributed by atoms with Crippen molar-refractivity contribution in [2.24, 2.45) is 0 Å². The van der Waals surface area contributed by atoms with E-state index in [1.54, 1.807) is 0 Å². The second-order valence-corrected chi connectivity index (χ2v) is 5.80. The van der Waals surface area contributed by atoms with E-state index in [9.17, 15) is 31.9 Å². The van der Waals surface area contributed by atoms with E-state index in [0.717, 1.165) is 4.57 Å². The fraction of sp³-hybridized carbons (Fsp3) is 0.375. The van der Waals surface area contributed by atoms with Gasteiger partial charge >= 0.3 is 12.1 Å². The van der Waals surface area contributed by atoms with Crippen molar-refractivity contribution in [3.05, 3.63) is 47.0 Å². The molecule has 2 aromatic rings. The predicted molar refractivity (Wildman–Crippen MR) is 77.1 cm³/mol. The first-order valence-corrected chi connectivity index (χ1v) is 7.51. The third kappa shape index (κ3) is 2.98. The summed E-state index contributed by atoms with van der Waals surface area (Å²) in [5.41, 5.74) is -4.35. The standard InChI is InChI=1S/C16H13F5N2O2/c17-14(18)11-10(15(24)25)9(8-4-3-5-8)12(23-6-1-2-7-23)13(22-11)16(19,20)21/h1-2,6-8,14H,3-5H2,(H,24,25). The van der Waals surface area contributed by atoms with E-state index in [1.165, 1.54) is 24.5 Å². The van der Waals surface area contributed by atoms with Crippen molar-refractivity contribution in [3.63, 3.8) is 0 Å². The molecule has 1 saturated carbocycles. The first-order valence-electron chi connectivity index (χ1n) is 7.51. The topological polar surface area (TPSA) is 55.1 Å². The Morgan fingerprint density at radius 1 is 1.24 bits per heavy atom. The highest BCUT2D eigenvalue weighted by atomic mass is 19.4. The molecule has 134 valence electrons. The molecule has 1 fully saturated rings. The summed E-state index contributed by atoms with van der Waals surface area (Å²) in [6, 6.07) is 2.93. The number of halogens is 5. The lowest BCUT2D eigenvalue weighted by molar-refractivity contribution is -0.141. The monoisotopic (exact) mass is 360 g/mol. The molecule has 1 aliphatic rings. The fourth-order valence-electron chi connectivity index (χ4n) is 3.03. The van der Waals surface area contributed by atoms with Gasteiger partial charge in [0.25, 0.3) is 6.43 Å².